The Hall–Kier alpha value is -0.800. The minimum atomic E-state index is 0.702. The van der Waals surface area contributed by atoms with E-state index < -0.39 is 0 Å². The van der Waals surface area contributed by atoms with E-state index in [2.05, 4.69) is 42.1 Å². The maximum atomic E-state index is 5.51. The van der Waals surface area contributed by atoms with Crippen molar-refractivity contribution in [3.05, 3.63) is 24.0 Å². The van der Waals surface area contributed by atoms with Crippen LogP contribution in [0.2, 0.25) is 0 Å². The van der Waals surface area contributed by atoms with Crippen LogP contribution >= 0.6 is 0 Å². The van der Waals surface area contributed by atoms with Gasteiger partial charge >= 0.3 is 0 Å². The van der Waals surface area contributed by atoms with Gasteiger partial charge in [0.1, 0.15) is 0 Å². The Labute approximate surface area is 117 Å². The minimum absolute atomic E-state index is 0.702. The molecular formula is C16H28N2O. The van der Waals surface area contributed by atoms with Gasteiger partial charge in [0.25, 0.3) is 0 Å². The van der Waals surface area contributed by atoms with Crippen molar-refractivity contribution >= 4 is 0 Å². The Bertz CT molecular complexity index is 353. The molecule has 1 N–H and O–H groups in total. The van der Waals surface area contributed by atoms with Crippen molar-refractivity contribution in [2.75, 3.05) is 19.8 Å². The number of hydrogen-bond donors (Lipinski definition) is 1. The Kier molecular flexibility index (Phi) is 5.93. The zero-order chi connectivity index (χ0) is 13.5. The van der Waals surface area contributed by atoms with Gasteiger partial charge in [-0.3, -0.25) is 0 Å². The van der Waals surface area contributed by atoms with E-state index in [0.717, 1.165) is 38.8 Å². The third-order valence-corrected chi connectivity index (χ3v) is 3.86. The lowest BCUT2D eigenvalue weighted by Gasteiger charge is -2.22. The molecule has 0 spiro atoms. The van der Waals surface area contributed by atoms with Crippen LogP contribution in [0.5, 0.6) is 0 Å². The molecule has 3 heteroatoms. The van der Waals surface area contributed by atoms with Gasteiger partial charge < -0.3 is 14.6 Å². The average Bonchev–Trinajstić information content (AvgIpc) is 2.85. The van der Waals surface area contributed by atoms with Crippen LogP contribution < -0.4 is 5.32 Å². The van der Waals surface area contributed by atoms with Gasteiger partial charge in [-0.25, -0.2) is 0 Å². The maximum Gasteiger partial charge on any atom is 0.0506 e. The molecule has 0 aromatic carbocycles. The second kappa shape index (κ2) is 7.71. The highest BCUT2D eigenvalue weighted by Gasteiger charge is 2.13. The molecule has 0 radical (unpaired) electrons. The summed E-state index contributed by atoms with van der Waals surface area (Å²) in [4.78, 5) is 0. The Morgan fingerprint density at radius 1 is 1.47 bits per heavy atom. The van der Waals surface area contributed by atoms with Gasteiger partial charge in [-0.2, -0.15) is 0 Å². The Morgan fingerprint density at radius 2 is 2.37 bits per heavy atom. The van der Waals surface area contributed by atoms with Crippen LogP contribution in [0.4, 0.5) is 0 Å². The molecule has 1 aliphatic rings. The van der Waals surface area contributed by atoms with Gasteiger partial charge in [-0.1, -0.05) is 13.8 Å². The number of aryl methyl sites for hydroxylation is 1. The summed E-state index contributed by atoms with van der Waals surface area (Å²) < 4.78 is 7.89. The van der Waals surface area contributed by atoms with E-state index in [4.69, 9.17) is 4.74 Å². The van der Waals surface area contributed by atoms with Crippen LogP contribution in [0.25, 0.3) is 0 Å². The van der Waals surface area contributed by atoms with Gasteiger partial charge in [0.05, 0.1) is 6.61 Å². The monoisotopic (exact) mass is 264 g/mol. The number of hydrogen-bond acceptors (Lipinski definition) is 2. The molecule has 108 valence electrons. The standard InChI is InChI=1S/C16H28N2O/c1-14(2)7-9-18-8-3-6-16(18)12-17-11-15-5-4-10-19-13-15/h3,6,8,14-15,17H,4-5,7,9-13H2,1-2H3. The summed E-state index contributed by atoms with van der Waals surface area (Å²) in [5, 5.41) is 3.58. The molecule has 2 rings (SSSR count). The van der Waals surface area contributed by atoms with E-state index in [1.54, 1.807) is 0 Å². The highest BCUT2D eigenvalue weighted by molar-refractivity contribution is 5.06. The summed E-state index contributed by atoms with van der Waals surface area (Å²) in [5.41, 5.74) is 1.40. The third-order valence-electron chi connectivity index (χ3n) is 3.86. The molecule has 2 heterocycles. The van der Waals surface area contributed by atoms with Crippen LogP contribution in [0.15, 0.2) is 18.3 Å². The lowest BCUT2D eigenvalue weighted by molar-refractivity contribution is 0.0547. The summed E-state index contributed by atoms with van der Waals surface area (Å²) in [7, 11) is 0. The van der Waals surface area contributed by atoms with Gasteiger partial charge in [0, 0.05) is 38.1 Å². The summed E-state index contributed by atoms with van der Waals surface area (Å²) in [6.07, 6.45) is 5.97. The van der Waals surface area contributed by atoms with Crippen molar-refractivity contribution in [2.45, 2.75) is 46.2 Å². The van der Waals surface area contributed by atoms with E-state index >= 15 is 0 Å². The van der Waals surface area contributed by atoms with Gasteiger partial charge in [0.2, 0.25) is 0 Å². The topological polar surface area (TPSA) is 26.2 Å². The molecule has 19 heavy (non-hydrogen) atoms. The first kappa shape index (κ1) is 14.6. The molecule has 1 aromatic heterocycles. The molecular weight excluding hydrogens is 236 g/mol. The van der Waals surface area contributed by atoms with E-state index in [1.165, 1.54) is 25.0 Å². The molecule has 0 aliphatic carbocycles. The van der Waals surface area contributed by atoms with E-state index in [-0.39, 0.29) is 0 Å². The molecule has 0 saturated carbocycles. The molecule has 1 unspecified atom stereocenters. The first-order valence-electron chi connectivity index (χ1n) is 7.68. The first-order chi connectivity index (χ1) is 9.25. The third kappa shape index (κ3) is 5.00. The summed E-state index contributed by atoms with van der Waals surface area (Å²) in [6.45, 7) is 9.64. The fourth-order valence-corrected chi connectivity index (χ4v) is 2.60. The second-order valence-corrected chi connectivity index (χ2v) is 6.09. The molecule has 3 nitrogen and oxygen atoms in total. The van der Waals surface area contributed by atoms with Gasteiger partial charge in [-0.15, -0.1) is 0 Å². The first-order valence-corrected chi connectivity index (χ1v) is 7.68. The van der Waals surface area contributed by atoms with Crippen LogP contribution in [0.1, 0.15) is 38.8 Å². The van der Waals surface area contributed by atoms with Crippen molar-refractivity contribution in [3.8, 4) is 0 Å². The van der Waals surface area contributed by atoms with Gasteiger partial charge in [-0.05, 0) is 43.2 Å². The van der Waals surface area contributed by atoms with Crippen molar-refractivity contribution in [3.63, 3.8) is 0 Å². The Morgan fingerprint density at radius 3 is 3.11 bits per heavy atom. The minimum Gasteiger partial charge on any atom is -0.381 e. The quantitative estimate of drug-likeness (QED) is 0.819. The largest absolute Gasteiger partial charge is 0.381 e. The van der Waals surface area contributed by atoms with E-state index in [1.807, 2.05) is 0 Å². The van der Waals surface area contributed by atoms with Crippen molar-refractivity contribution in [1.29, 1.82) is 0 Å². The van der Waals surface area contributed by atoms with Crippen molar-refractivity contribution < 1.29 is 4.74 Å². The van der Waals surface area contributed by atoms with Crippen molar-refractivity contribution in [1.82, 2.24) is 9.88 Å². The lowest BCUT2D eigenvalue weighted by atomic mass is 10.0. The number of nitrogens with one attached hydrogen (secondary N) is 1. The molecule has 0 bridgehead atoms. The molecule has 0 amide bonds. The number of nitrogens with zero attached hydrogens (tertiary/aromatic N) is 1. The van der Waals surface area contributed by atoms with E-state index in [9.17, 15) is 0 Å². The fourth-order valence-electron chi connectivity index (χ4n) is 2.60. The summed E-state index contributed by atoms with van der Waals surface area (Å²) in [6, 6.07) is 4.38. The zero-order valence-corrected chi connectivity index (χ0v) is 12.4. The maximum absolute atomic E-state index is 5.51. The molecule has 1 aromatic rings. The molecule has 1 fully saturated rings. The number of rotatable bonds is 7. The fraction of sp³-hybridized carbons (Fsp3) is 0.750. The number of ether oxygens (including phenoxy) is 1. The lowest BCUT2D eigenvalue weighted by Crippen LogP contribution is -2.29. The Balaban J connectivity index is 1.71. The van der Waals surface area contributed by atoms with Gasteiger partial charge in [0.15, 0.2) is 0 Å². The van der Waals surface area contributed by atoms with Crippen LogP contribution in [0.3, 0.4) is 0 Å². The predicted molar refractivity (Wildman–Crippen MR) is 79.1 cm³/mol. The number of aromatic nitrogens is 1. The summed E-state index contributed by atoms with van der Waals surface area (Å²) in [5.74, 6) is 1.47. The molecule has 1 saturated heterocycles. The normalized spacial score (nSPS) is 20.1. The zero-order valence-electron chi connectivity index (χ0n) is 12.4. The highest BCUT2D eigenvalue weighted by Crippen LogP contribution is 2.13. The van der Waals surface area contributed by atoms with Crippen molar-refractivity contribution in [2.24, 2.45) is 11.8 Å². The van der Waals surface area contributed by atoms with Crippen LogP contribution in [-0.4, -0.2) is 24.3 Å². The van der Waals surface area contributed by atoms with E-state index in [0.29, 0.717) is 5.92 Å². The molecule has 1 aliphatic heterocycles. The van der Waals surface area contributed by atoms with Crippen LogP contribution in [0, 0.1) is 11.8 Å². The summed E-state index contributed by atoms with van der Waals surface area (Å²) >= 11 is 0. The SMILES string of the molecule is CC(C)CCn1cccc1CNCC1CCCOC1. The average molecular weight is 264 g/mol. The molecule has 1 atom stereocenters. The second-order valence-electron chi connectivity index (χ2n) is 6.09. The smallest absolute Gasteiger partial charge is 0.0506 e. The highest BCUT2D eigenvalue weighted by atomic mass is 16.5. The predicted octanol–water partition coefficient (Wildman–Crippen LogP) is 3.05. The van der Waals surface area contributed by atoms with Crippen LogP contribution in [-0.2, 0) is 17.8 Å².